The summed E-state index contributed by atoms with van der Waals surface area (Å²) in [5.74, 6) is 0. The third-order valence-corrected chi connectivity index (χ3v) is 2.03. The van der Waals surface area contributed by atoms with Crippen molar-refractivity contribution < 1.29 is 4.79 Å². The van der Waals surface area contributed by atoms with E-state index in [9.17, 15) is 4.79 Å². The van der Waals surface area contributed by atoms with Crippen LogP contribution in [0.3, 0.4) is 0 Å². The van der Waals surface area contributed by atoms with E-state index in [0.717, 1.165) is 0 Å². The first-order valence-corrected chi connectivity index (χ1v) is 4.34. The molecule has 0 unspecified atom stereocenters. The van der Waals surface area contributed by atoms with Crippen LogP contribution in [-0.4, -0.2) is 16.1 Å². The van der Waals surface area contributed by atoms with Gasteiger partial charge in [0, 0.05) is 18.0 Å². The van der Waals surface area contributed by atoms with E-state index in [1.54, 1.807) is 41.3 Å². The summed E-state index contributed by atoms with van der Waals surface area (Å²) in [6.45, 7) is 0. The smallest absolute Gasteiger partial charge is 0.150 e. The minimum atomic E-state index is 0.434. The molecule has 0 aliphatic rings. The first-order chi connectivity index (χ1) is 7.35. The molecule has 0 fully saturated rings. The fraction of sp³-hybridized carbons (Fsp3) is 0. The lowest BCUT2D eigenvalue weighted by atomic mass is 10.1. The standard InChI is InChI=1S/C11H7N3O/c12-7-10-6-9(8-15)2-3-11(10)14-5-1-4-13-14/h1-6,8H. The molecule has 72 valence electrons. The maximum absolute atomic E-state index is 10.5. The van der Waals surface area contributed by atoms with Gasteiger partial charge in [0.15, 0.2) is 0 Å². The van der Waals surface area contributed by atoms with Crippen LogP contribution in [0, 0.1) is 11.3 Å². The molecule has 0 aliphatic heterocycles. The highest BCUT2D eigenvalue weighted by molar-refractivity contribution is 5.76. The van der Waals surface area contributed by atoms with Gasteiger partial charge in [0.2, 0.25) is 0 Å². The van der Waals surface area contributed by atoms with Crippen molar-refractivity contribution in [1.82, 2.24) is 9.78 Å². The zero-order valence-electron chi connectivity index (χ0n) is 7.79. The van der Waals surface area contributed by atoms with Crippen LogP contribution in [0.15, 0.2) is 36.7 Å². The van der Waals surface area contributed by atoms with Gasteiger partial charge in [-0.15, -0.1) is 0 Å². The maximum Gasteiger partial charge on any atom is 0.150 e. The minimum Gasteiger partial charge on any atom is -0.298 e. The first-order valence-electron chi connectivity index (χ1n) is 4.34. The second-order valence-electron chi connectivity index (χ2n) is 2.96. The molecule has 1 heterocycles. The van der Waals surface area contributed by atoms with Crippen molar-refractivity contribution in [2.45, 2.75) is 0 Å². The summed E-state index contributed by atoms with van der Waals surface area (Å²) in [5, 5.41) is 13.0. The van der Waals surface area contributed by atoms with Crippen LogP contribution >= 0.6 is 0 Å². The summed E-state index contributed by atoms with van der Waals surface area (Å²) in [6, 6.07) is 8.72. The molecule has 4 nitrogen and oxygen atoms in total. The Bertz CT molecular complexity index is 523. The monoisotopic (exact) mass is 197 g/mol. The molecule has 0 saturated heterocycles. The summed E-state index contributed by atoms with van der Waals surface area (Å²) in [5.41, 5.74) is 1.60. The molecule has 0 aliphatic carbocycles. The zero-order chi connectivity index (χ0) is 10.7. The first kappa shape index (κ1) is 9.16. The molecular weight excluding hydrogens is 190 g/mol. The van der Waals surface area contributed by atoms with Gasteiger partial charge in [-0.1, -0.05) is 0 Å². The van der Waals surface area contributed by atoms with E-state index >= 15 is 0 Å². The van der Waals surface area contributed by atoms with Gasteiger partial charge in [0.25, 0.3) is 0 Å². The predicted molar refractivity (Wildman–Crippen MR) is 53.7 cm³/mol. The molecule has 2 aromatic rings. The van der Waals surface area contributed by atoms with E-state index in [-0.39, 0.29) is 0 Å². The van der Waals surface area contributed by atoms with Crippen molar-refractivity contribution in [3.8, 4) is 11.8 Å². The Kier molecular flexibility index (Phi) is 2.30. The van der Waals surface area contributed by atoms with Crippen molar-refractivity contribution in [2.24, 2.45) is 0 Å². The third-order valence-electron chi connectivity index (χ3n) is 2.03. The van der Waals surface area contributed by atoms with Crippen LogP contribution in [0.5, 0.6) is 0 Å². The minimum absolute atomic E-state index is 0.434. The number of aromatic nitrogens is 2. The Morgan fingerprint density at radius 2 is 2.33 bits per heavy atom. The van der Waals surface area contributed by atoms with Gasteiger partial charge < -0.3 is 0 Å². The van der Waals surface area contributed by atoms with Crippen LogP contribution < -0.4 is 0 Å². The molecule has 0 amide bonds. The second kappa shape index (κ2) is 3.76. The lowest BCUT2D eigenvalue weighted by Gasteiger charge is -2.03. The number of rotatable bonds is 2. The molecule has 0 bridgehead atoms. The number of hydrogen-bond acceptors (Lipinski definition) is 3. The Balaban J connectivity index is 2.59. The molecule has 0 radical (unpaired) electrons. The highest BCUT2D eigenvalue weighted by Crippen LogP contribution is 2.14. The molecule has 2 rings (SSSR count). The highest BCUT2D eigenvalue weighted by atomic mass is 16.1. The Morgan fingerprint density at radius 3 is 2.93 bits per heavy atom. The molecule has 0 spiro atoms. The molecule has 0 atom stereocenters. The number of benzene rings is 1. The Morgan fingerprint density at radius 1 is 1.47 bits per heavy atom. The van der Waals surface area contributed by atoms with Gasteiger partial charge >= 0.3 is 0 Å². The van der Waals surface area contributed by atoms with Gasteiger partial charge in [0.05, 0.1) is 11.3 Å². The fourth-order valence-corrected chi connectivity index (χ4v) is 1.33. The molecule has 15 heavy (non-hydrogen) atoms. The van der Waals surface area contributed by atoms with Crippen LogP contribution in [0.4, 0.5) is 0 Å². The van der Waals surface area contributed by atoms with E-state index in [2.05, 4.69) is 5.10 Å². The molecule has 1 aromatic heterocycles. The van der Waals surface area contributed by atoms with E-state index < -0.39 is 0 Å². The lowest BCUT2D eigenvalue weighted by molar-refractivity contribution is 0.112. The SMILES string of the molecule is N#Cc1cc(C=O)ccc1-n1cccn1. The topological polar surface area (TPSA) is 58.7 Å². The number of carbonyl (C=O) groups is 1. The summed E-state index contributed by atoms with van der Waals surface area (Å²) in [4.78, 5) is 10.5. The van der Waals surface area contributed by atoms with Crippen molar-refractivity contribution in [3.63, 3.8) is 0 Å². The number of nitrogens with zero attached hydrogens (tertiary/aromatic N) is 3. The molecule has 0 saturated carbocycles. The molecule has 0 N–H and O–H groups in total. The van der Waals surface area contributed by atoms with Crippen LogP contribution in [0.1, 0.15) is 15.9 Å². The third kappa shape index (κ3) is 1.63. The van der Waals surface area contributed by atoms with Crippen molar-refractivity contribution >= 4 is 6.29 Å². The van der Waals surface area contributed by atoms with Crippen LogP contribution in [0.2, 0.25) is 0 Å². The van der Waals surface area contributed by atoms with Crippen molar-refractivity contribution in [2.75, 3.05) is 0 Å². The maximum atomic E-state index is 10.5. The normalized spacial score (nSPS) is 9.53. The molecule has 4 heteroatoms. The summed E-state index contributed by atoms with van der Waals surface area (Å²) in [6.07, 6.45) is 4.10. The van der Waals surface area contributed by atoms with Crippen molar-refractivity contribution in [3.05, 3.63) is 47.8 Å². The number of hydrogen-bond donors (Lipinski definition) is 0. The Hall–Kier alpha value is -2.41. The van der Waals surface area contributed by atoms with Gasteiger partial charge in [-0.3, -0.25) is 4.79 Å². The van der Waals surface area contributed by atoms with Crippen LogP contribution in [0.25, 0.3) is 5.69 Å². The predicted octanol–water partition coefficient (Wildman–Crippen LogP) is 1.56. The fourth-order valence-electron chi connectivity index (χ4n) is 1.33. The van der Waals surface area contributed by atoms with E-state index in [1.165, 1.54) is 0 Å². The van der Waals surface area contributed by atoms with E-state index in [1.807, 2.05) is 6.07 Å². The average Bonchev–Trinajstić information content (AvgIpc) is 2.81. The van der Waals surface area contributed by atoms with Gasteiger partial charge in [-0.05, 0) is 24.3 Å². The van der Waals surface area contributed by atoms with Gasteiger partial charge in [-0.25, -0.2) is 4.68 Å². The lowest BCUT2D eigenvalue weighted by Crippen LogP contribution is -1.98. The summed E-state index contributed by atoms with van der Waals surface area (Å²) < 4.78 is 1.59. The second-order valence-corrected chi connectivity index (χ2v) is 2.96. The number of carbonyl (C=O) groups excluding carboxylic acids is 1. The van der Waals surface area contributed by atoms with Crippen LogP contribution in [-0.2, 0) is 0 Å². The van der Waals surface area contributed by atoms with E-state index in [4.69, 9.17) is 5.26 Å². The van der Waals surface area contributed by atoms with E-state index in [0.29, 0.717) is 23.1 Å². The molecular formula is C11H7N3O. The molecule has 1 aromatic carbocycles. The van der Waals surface area contributed by atoms with Crippen molar-refractivity contribution in [1.29, 1.82) is 5.26 Å². The van der Waals surface area contributed by atoms with Gasteiger partial charge in [-0.2, -0.15) is 10.4 Å². The quantitative estimate of drug-likeness (QED) is 0.686. The number of nitriles is 1. The summed E-state index contributed by atoms with van der Waals surface area (Å²) in [7, 11) is 0. The van der Waals surface area contributed by atoms with Gasteiger partial charge in [0.1, 0.15) is 12.4 Å². The Labute approximate surface area is 86.4 Å². The average molecular weight is 197 g/mol. The highest BCUT2D eigenvalue weighted by Gasteiger charge is 2.04. The zero-order valence-corrected chi connectivity index (χ0v) is 7.79. The largest absolute Gasteiger partial charge is 0.298 e. The number of aldehydes is 1. The summed E-state index contributed by atoms with van der Waals surface area (Å²) >= 11 is 0.